The summed E-state index contributed by atoms with van der Waals surface area (Å²) in [6, 6.07) is 5.66. The molecular formula is C43H50F2N6O6. The number of β-amino-alcohol motifs (C(OH)–C–C–N with tert-alkyl or cyclic N) is 1. The van der Waals surface area contributed by atoms with Crippen LogP contribution in [0.5, 0.6) is 17.6 Å². The number of anilines is 1. The third kappa shape index (κ3) is 7.41. The predicted octanol–water partition coefficient (Wildman–Crippen LogP) is 5.68. The van der Waals surface area contributed by atoms with E-state index in [9.17, 15) is 15.0 Å². The van der Waals surface area contributed by atoms with Gasteiger partial charge in [-0.1, -0.05) is 18.4 Å². The summed E-state index contributed by atoms with van der Waals surface area (Å²) in [7, 11) is 1.40. The van der Waals surface area contributed by atoms with E-state index in [4.69, 9.17) is 30.6 Å². The smallest absolute Gasteiger partial charge is 0.319 e. The maximum Gasteiger partial charge on any atom is 0.319 e. The highest BCUT2D eigenvalue weighted by molar-refractivity contribution is 6.04. The van der Waals surface area contributed by atoms with Crippen molar-refractivity contribution in [3.63, 3.8) is 0 Å². The molecular weight excluding hydrogens is 735 g/mol. The number of aromatic nitrogens is 3. The van der Waals surface area contributed by atoms with Gasteiger partial charge in [-0.15, -0.1) is 6.42 Å². The van der Waals surface area contributed by atoms with Crippen LogP contribution in [0.25, 0.3) is 32.9 Å². The second kappa shape index (κ2) is 15.5. The topological polar surface area (TPSA) is 134 Å². The molecule has 4 fully saturated rings. The van der Waals surface area contributed by atoms with Crippen LogP contribution in [0.2, 0.25) is 0 Å². The number of hydrogen-bond donors (Lipinski definition) is 2. The Labute approximate surface area is 331 Å². The fourth-order valence-corrected chi connectivity index (χ4v) is 9.86. The van der Waals surface area contributed by atoms with E-state index in [0.717, 1.165) is 71.1 Å². The monoisotopic (exact) mass is 784 g/mol. The van der Waals surface area contributed by atoms with E-state index in [1.165, 1.54) is 31.4 Å². The Morgan fingerprint density at radius 3 is 2.61 bits per heavy atom. The lowest BCUT2D eigenvalue weighted by atomic mass is 9.75. The number of benzene rings is 2. The molecule has 2 aromatic heterocycles. The van der Waals surface area contributed by atoms with Gasteiger partial charge in [-0.05, 0) is 81.5 Å². The zero-order valence-corrected chi connectivity index (χ0v) is 32.8. The second-order valence-corrected chi connectivity index (χ2v) is 16.6. The molecule has 1 saturated carbocycles. The molecule has 12 nitrogen and oxygen atoms in total. The molecule has 3 aliphatic heterocycles. The van der Waals surface area contributed by atoms with Crippen molar-refractivity contribution in [2.45, 2.75) is 70.4 Å². The van der Waals surface area contributed by atoms with Crippen LogP contribution in [0.1, 0.15) is 64.4 Å². The number of aromatic hydroxyl groups is 1. The number of pyridine rings is 1. The number of carbonyl (C=O) groups excluding carboxylic acids is 1. The second-order valence-electron chi connectivity index (χ2n) is 16.6. The van der Waals surface area contributed by atoms with Gasteiger partial charge in [0.15, 0.2) is 5.82 Å². The lowest BCUT2D eigenvalue weighted by molar-refractivity contribution is -0.130. The van der Waals surface area contributed by atoms with Crippen molar-refractivity contribution in [2.75, 3.05) is 71.1 Å². The number of methoxy groups -OCH3 is 1. The number of rotatable bonds is 8. The number of fused-ring (bicyclic) bond motifs is 3. The van der Waals surface area contributed by atoms with E-state index in [1.54, 1.807) is 18.7 Å². The van der Waals surface area contributed by atoms with Gasteiger partial charge in [-0.25, -0.2) is 13.8 Å². The Bertz CT molecular complexity index is 2240. The van der Waals surface area contributed by atoms with Crippen molar-refractivity contribution in [1.29, 1.82) is 0 Å². The number of amides is 1. The minimum atomic E-state index is -1.26. The summed E-state index contributed by atoms with van der Waals surface area (Å²) in [6.07, 6.45) is 12.9. The molecule has 3 unspecified atom stereocenters. The van der Waals surface area contributed by atoms with Crippen molar-refractivity contribution in [3.8, 4) is 41.2 Å². The highest BCUT2D eigenvalue weighted by atomic mass is 19.1. The van der Waals surface area contributed by atoms with Gasteiger partial charge in [0.05, 0.1) is 39.0 Å². The van der Waals surface area contributed by atoms with Crippen LogP contribution in [0.15, 0.2) is 24.3 Å². The van der Waals surface area contributed by atoms with Crippen LogP contribution >= 0.6 is 0 Å². The normalized spacial score (nSPS) is 24.7. The third-order valence-corrected chi connectivity index (χ3v) is 12.6. The first kappa shape index (κ1) is 39.0. The minimum absolute atomic E-state index is 0.0191. The van der Waals surface area contributed by atoms with E-state index in [-0.39, 0.29) is 87.6 Å². The molecule has 8 rings (SSSR count). The molecule has 2 N–H and O–H groups in total. The van der Waals surface area contributed by atoms with Gasteiger partial charge in [-0.3, -0.25) is 9.69 Å². The van der Waals surface area contributed by atoms with Crippen LogP contribution < -0.4 is 14.4 Å². The van der Waals surface area contributed by atoms with Crippen LogP contribution in [0.3, 0.4) is 0 Å². The zero-order valence-electron chi connectivity index (χ0n) is 32.8. The fraction of sp³-hybridized carbons (Fsp3) is 0.535. The lowest BCUT2D eigenvalue weighted by Gasteiger charge is -2.47. The maximum absolute atomic E-state index is 17.4. The zero-order chi connectivity index (χ0) is 40.1. The fourth-order valence-electron chi connectivity index (χ4n) is 9.86. The summed E-state index contributed by atoms with van der Waals surface area (Å²) in [5.74, 6) is 1.55. The quantitative estimate of drug-likeness (QED) is 0.214. The molecule has 0 radical (unpaired) electrons. The minimum Gasteiger partial charge on any atom is -0.508 e. The first-order chi connectivity index (χ1) is 27.4. The van der Waals surface area contributed by atoms with Gasteiger partial charge in [0.2, 0.25) is 11.8 Å². The van der Waals surface area contributed by atoms with Crippen molar-refractivity contribution in [3.05, 3.63) is 41.5 Å². The standard InChI is InChI=1S/C43H50F2N6O6/c1-5-30-32(44)10-9-28-20-29(53)21-31(34(28)30)37-36(45)38-35(40(46-37)55-4)39(51-18-19-56-24-42(3,54)23-51)48-41(47-38)57-25-43-13-6-8-33(43)50(15-7-14-43)22-27-11-16-49(17-12-27)26(2)52/h1,9-10,20-21,27,33,53-54H,6-8,11-19,22-25H2,2-4H3. The molecule has 0 bridgehead atoms. The number of aliphatic hydroxyl groups is 1. The summed E-state index contributed by atoms with van der Waals surface area (Å²) in [4.78, 5) is 32.5. The largest absolute Gasteiger partial charge is 0.508 e. The number of ether oxygens (including phenoxy) is 3. The van der Waals surface area contributed by atoms with E-state index in [1.807, 2.05) is 4.90 Å². The summed E-state index contributed by atoms with van der Waals surface area (Å²) in [6.45, 7) is 8.05. The third-order valence-electron chi connectivity index (χ3n) is 12.6. The average Bonchev–Trinajstić information content (AvgIpc) is 3.55. The van der Waals surface area contributed by atoms with Crippen molar-refractivity contribution in [2.24, 2.45) is 11.3 Å². The Morgan fingerprint density at radius 2 is 1.86 bits per heavy atom. The summed E-state index contributed by atoms with van der Waals surface area (Å²) >= 11 is 0. The molecule has 57 heavy (non-hydrogen) atoms. The highest BCUT2D eigenvalue weighted by Crippen LogP contribution is 2.49. The number of carbonyl (C=O) groups is 1. The van der Waals surface area contributed by atoms with Crippen LogP contribution in [0, 0.1) is 35.3 Å². The summed E-state index contributed by atoms with van der Waals surface area (Å²) < 4.78 is 50.6. The molecule has 0 spiro atoms. The van der Waals surface area contributed by atoms with E-state index in [0.29, 0.717) is 30.5 Å². The van der Waals surface area contributed by atoms with E-state index < -0.39 is 17.2 Å². The van der Waals surface area contributed by atoms with Gasteiger partial charge in [0.1, 0.15) is 39.6 Å². The molecule has 4 aromatic rings. The number of hydrogen-bond acceptors (Lipinski definition) is 11. The van der Waals surface area contributed by atoms with Gasteiger partial charge >= 0.3 is 6.01 Å². The summed E-state index contributed by atoms with van der Waals surface area (Å²) in [5.41, 5.74) is -1.85. The van der Waals surface area contributed by atoms with Crippen LogP contribution in [0.4, 0.5) is 14.6 Å². The molecule has 1 amide bonds. The highest BCUT2D eigenvalue weighted by Gasteiger charge is 2.49. The number of halogens is 2. The molecule has 302 valence electrons. The SMILES string of the molecule is C#Cc1c(F)ccc2cc(O)cc(-c3nc(OC)c4c(N5CCOCC(C)(O)C5)nc(OCC56CCCC5N(CC5CCN(C(C)=O)CC5)CCC6)nc4c3F)c12. The molecule has 3 atom stereocenters. The predicted molar refractivity (Wildman–Crippen MR) is 211 cm³/mol. The number of phenolic OH excluding ortho intramolecular Hbond substituents is 1. The number of piperidine rings is 2. The molecule has 1 aliphatic carbocycles. The lowest BCUT2D eigenvalue weighted by Crippen LogP contribution is -2.53. The van der Waals surface area contributed by atoms with Crippen LogP contribution in [-0.2, 0) is 9.53 Å². The van der Waals surface area contributed by atoms with Crippen LogP contribution in [-0.4, -0.2) is 119 Å². The number of nitrogens with zero attached hydrogens (tertiary/aromatic N) is 6. The van der Waals surface area contributed by atoms with Crippen molar-refractivity contribution < 1.29 is 38.0 Å². The number of terminal acetylenes is 1. The first-order valence-corrected chi connectivity index (χ1v) is 19.9. The average molecular weight is 785 g/mol. The van der Waals surface area contributed by atoms with Gasteiger partial charge in [0.25, 0.3) is 0 Å². The van der Waals surface area contributed by atoms with Crippen molar-refractivity contribution in [1.82, 2.24) is 24.8 Å². The molecule has 3 saturated heterocycles. The molecule has 14 heteroatoms. The first-order valence-electron chi connectivity index (χ1n) is 19.9. The van der Waals surface area contributed by atoms with E-state index in [2.05, 4.69) is 15.8 Å². The van der Waals surface area contributed by atoms with Gasteiger partial charge < -0.3 is 34.2 Å². The van der Waals surface area contributed by atoms with E-state index >= 15 is 8.78 Å². The van der Waals surface area contributed by atoms with Crippen molar-refractivity contribution >= 4 is 33.4 Å². The Hall–Kier alpha value is -4.84. The Morgan fingerprint density at radius 1 is 1.07 bits per heavy atom. The molecule has 2 aromatic carbocycles. The molecule has 4 aliphatic rings. The summed E-state index contributed by atoms with van der Waals surface area (Å²) in [5, 5.41) is 22.7. The Balaban J connectivity index is 1.20. The number of phenols is 1. The molecule has 5 heterocycles. The Kier molecular flexibility index (Phi) is 10.6. The maximum atomic E-state index is 17.4. The number of likely N-dealkylation sites (tertiary alicyclic amines) is 2. The van der Waals surface area contributed by atoms with Gasteiger partial charge in [0, 0.05) is 55.5 Å². The van der Waals surface area contributed by atoms with Gasteiger partial charge in [-0.2, -0.15) is 9.97 Å².